The molecule has 0 aliphatic rings. The van der Waals surface area contributed by atoms with Gasteiger partial charge in [0.05, 0.1) is 0 Å². The molecule has 102 valence electrons. The molecule has 3 rings (SSSR count). The van der Waals surface area contributed by atoms with Crippen molar-refractivity contribution >= 4 is 17.4 Å². The standard InChI is InChI=1S/C14H15N5S/c1-10(15-2)11-6-7-13(16-9-11)20-14-18-17-12-5-3-4-8-19(12)14/h3-10,15H,1-2H3. The highest BCUT2D eigenvalue weighted by Crippen LogP contribution is 2.25. The van der Waals surface area contributed by atoms with E-state index in [4.69, 9.17) is 0 Å². The molecule has 0 spiro atoms. The number of aromatic nitrogens is 4. The molecule has 0 aliphatic heterocycles. The predicted molar refractivity (Wildman–Crippen MR) is 78.8 cm³/mol. The maximum Gasteiger partial charge on any atom is 0.201 e. The van der Waals surface area contributed by atoms with E-state index >= 15 is 0 Å². The Morgan fingerprint density at radius 1 is 1.20 bits per heavy atom. The van der Waals surface area contributed by atoms with Crippen LogP contribution in [0.3, 0.4) is 0 Å². The second-order valence-corrected chi connectivity index (χ2v) is 5.44. The number of pyridine rings is 2. The Morgan fingerprint density at radius 2 is 2.10 bits per heavy atom. The van der Waals surface area contributed by atoms with Crippen molar-refractivity contribution in [2.45, 2.75) is 23.1 Å². The van der Waals surface area contributed by atoms with Crippen LogP contribution < -0.4 is 5.32 Å². The predicted octanol–water partition coefficient (Wildman–Crippen LogP) is 2.56. The molecular formula is C14H15N5S. The zero-order chi connectivity index (χ0) is 13.9. The average molecular weight is 285 g/mol. The van der Waals surface area contributed by atoms with Gasteiger partial charge in [0, 0.05) is 18.4 Å². The van der Waals surface area contributed by atoms with Crippen molar-refractivity contribution in [3.05, 3.63) is 48.3 Å². The van der Waals surface area contributed by atoms with Crippen molar-refractivity contribution in [1.29, 1.82) is 0 Å². The lowest BCUT2D eigenvalue weighted by atomic mass is 10.1. The summed E-state index contributed by atoms with van der Waals surface area (Å²) < 4.78 is 1.95. The Balaban J connectivity index is 1.84. The monoisotopic (exact) mass is 285 g/mol. The van der Waals surface area contributed by atoms with Crippen LogP contribution in [-0.2, 0) is 0 Å². The fraction of sp³-hybridized carbons (Fsp3) is 0.214. The van der Waals surface area contributed by atoms with Gasteiger partial charge in [0.2, 0.25) is 5.16 Å². The molecular weight excluding hydrogens is 270 g/mol. The van der Waals surface area contributed by atoms with E-state index < -0.39 is 0 Å². The summed E-state index contributed by atoms with van der Waals surface area (Å²) in [5.74, 6) is 0. The molecule has 20 heavy (non-hydrogen) atoms. The van der Waals surface area contributed by atoms with E-state index in [1.165, 1.54) is 17.3 Å². The number of rotatable bonds is 4. The van der Waals surface area contributed by atoms with E-state index in [2.05, 4.69) is 33.5 Å². The van der Waals surface area contributed by atoms with Gasteiger partial charge in [-0.15, -0.1) is 10.2 Å². The summed E-state index contributed by atoms with van der Waals surface area (Å²) >= 11 is 1.51. The molecule has 0 amide bonds. The van der Waals surface area contributed by atoms with E-state index in [-0.39, 0.29) is 0 Å². The SMILES string of the molecule is CNC(C)c1ccc(Sc2nnc3ccccn23)nc1. The molecule has 0 radical (unpaired) electrons. The highest BCUT2D eigenvalue weighted by Gasteiger charge is 2.08. The number of nitrogens with one attached hydrogen (secondary N) is 1. The molecule has 3 aromatic heterocycles. The maximum atomic E-state index is 4.47. The van der Waals surface area contributed by atoms with E-state index in [1.807, 2.05) is 48.1 Å². The highest BCUT2D eigenvalue weighted by molar-refractivity contribution is 7.99. The minimum atomic E-state index is 0.301. The largest absolute Gasteiger partial charge is 0.313 e. The third kappa shape index (κ3) is 2.52. The van der Waals surface area contributed by atoms with Crippen LogP contribution in [0.25, 0.3) is 5.65 Å². The summed E-state index contributed by atoms with van der Waals surface area (Å²) in [6.45, 7) is 2.11. The molecule has 3 aromatic rings. The van der Waals surface area contributed by atoms with E-state index in [1.54, 1.807) is 0 Å². The number of hydrogen-bond acceptors (Lipinski definition) is 5. The Labute approximate surface area is 121 Å². The summed E-state index contributed by atoms with van der Waals surface area (Å²) in [4.78, 5) is 4.47. The second kappa shape index (κ2) is 5.60. The van der Waals surface area contributed by atoms with E-state index in [0.29, 0.717) is 6.04 Å². The number of nitrogens with zero attached hydrogens (tertiary/aromatic N) is 4. The van der Waals surface area contributed by atoms with Crippen LogP contribution in [0.5, 0.6) is 0 Å². The van der Waals surface area contributed by atoms with Crippen molar-refractivity contribution in [3.63, 3.8) is 0 Å². The first kappa shape index (κ1) is 13.1. The first-order valence-electron chi connectivity index (χ1n) is 6.39. The Morgan fingerprint density at radius 3 is 2.85 bits per heavy atom. The highest BCUT2D eigenvalue weighted by atomic mass is 32.2. The van der Waals surface area contributed by atoms with Crippen molar-refractivity contribution in [2.75, 3.05) is 7.05 Å². The zero-order valence-electron chi connectivity index (χ0n) is 11.3. The third-order valence-corrected chi connectivity index (χ3v) is 4.08. The van der Waals surface area contributed by atoms with Gasteiger partial charge < -0.3 is 5.32 Å². The molecule has 0 saturated heterocycles. The van der Waals surface area contributed by atoms with Gasteiger partial charge in [-0.1, -0.05) is 12.1 Å². The Kier molecular flexibility index (Phi) is 3.66. The smallest absolute Gasteiger partial charge is 0.201 e. The first-order valence-corrected chi connectivity index (χ1v) is 7.20. The van der Waals surface area contributed by atoms with Crippen molar-refractivity contribution < 1.29 is 0 Å². The summed E-state index contributed by atoms with van der Waals surface area (Å²) in [6.07, 6.45) is 3.85. The van der Waals surface area contributed by atoms with Gasteiger partial charge in [0.25, 0.3) is 0 Å². The van der Waals surface area contributed by atoms with Gasteiger partial charge in [-0.25, -0.2) is 4.98 Å². The van der Waals surface area contributed by atoms with E-state index in [9.17, 15) is 0 Å². The minimum absolute atomic E-state index is 0.301. The second-order valence-electron chi connectivity index (χ2n) is 4.45. The minimum Gasteiger partial charge on any atom is -0.313 e. The average Bonchev–Trinajstić information content (AvgIpc) is 2.91. The van der Waals surface area contributed by atoms with Gasteiger partial charge in [-0.05, 0) is 49.5 Å². The number of hydrogen-bond donors (Lipinski definition) is 1. The van der Waals surface area contributed by atoms with Gasteiger partial charge in [0.15, 0.2) is 5.65 Å². The fourth-order valence-electron chi connectivity index (χ4n) is 1.86. The molecule has 1 N–H and O–H groups in total. The molecule has 1 atom stereocenters. The molecule has 0 fully saturated rings. The Bertz CT molecular complexity index is 707. The molecule has 6 heteroatoms. The van der Waals surface area contributed by atoms with Crippen LogP contribution in [0.2, 0.25) is 0 Å². The molecule has 0 bridgehead atoms. The third-order valence-electron chi connectivity index (χ3n) is 3.17. The molecule has 0 aliphatic carbocycles. The molecule has 0 aromatic carbocycles. The van der Waals surface area contributed by atoms with Crippen LogP contribution >= 0.6 is 11.8 Å². The first-order chi connectivity index (χ1) is 9.78. The lowest BCUT2D eigenvalue weighted by Crippen LogP contribution is -2.12. The lowest BCUT2D eigenvalue weighted by molar-refractivity contribution is 0.648. The van der Waals surface area contributed by atoms with Gasteiger partial charge in [-0.2, -0.15) is 0 Å². The van der Waals surface area contributed by atoms with Crippen LogP contribution in [0.1, 0.15) is 18.5 Å². The van der Waals surface area contributed by atoms with Gasteiger partial charge in [-0.3, -0.25) is 4.40 Å². The van der Waals surface area contributed by atoms with Gasteiger partial charge >= 0.3 is 0 Å². The Hall–Kier alpha value is -1.92. The summed E-state index contributed by atoms with van der Waals surface area (Å²) in [5.41, 5.74) is 2.01. The topological polar surface area (TPSA) is 55.1 Å². The van der Waals surface area contributed by atoms with Gasteiger partial charge in [0.1, 0.15) is 5.03 Å². The molecule has 1 unspecified atom stereocenters. The molecule has 3 heterocycles. The van der Waals surface area contributed by atoms with Crippen LogP contribution in [0.4, 0.5) is 0 Å². The quantitative estimate of drug-likeness (QED) is 0.798. The molecule has 0 saturated carbocycles. The summed E-state index contributed by atoms with van der Waals surface area (Å²) in [5, 5.41) is 13.2. The van der Waals surface area contributed by atoms with Crippen LogP contribution in [0, 0.1) is 0 Å². The normalized spacial score (nSPS) is 12.7. The maximum absolute atomic E-state index is 4.47. The summed E-state index contributed by atoms with van der Waals surface area (Å²) in [7, 11) is 1.94. The summed E-state index contributed by atoms with van der Waals surface area (Å²) in [6, 6.07) is 10.2. The van der Waals surface area contributed by atoms with Crippen LogP contribution in [0.15, 0.2) is 52.9 Å². The van der Waals surface area contributed by atoms with Crippen molar-refractivity contribution in [1.82, 2.24) is 24.9 Å². The fourth-order valence-corrected chi connectivity index (χ4v) is 2.62. The zero-order valence-corrected chi connectivity index (χ0v) is 12.1. The van der Waals surface area contributed by atoms with Crippen LogP contribution in [-0.4, -0.2) is 26.6 Å². The van der Waals surface area contributed by atoms with E-state index in [0.717, 1.165) is 15.8 Å². The molecule has 5 nitrogen and oxygen atoms in total. The van der Waals surface area contributed by atoms with Crippen molar-refractivity contribution in [3.8, 4) is 0 Å². The van der Waals surface area contributed by atoms with Crippen molar-refractivity contribution in [2.24, 2.45) is 0 Å². The number of fused-ring (bicyclic) bond motifs is 1. The lowest BCUT2D eigenvalue weighted by Gasteiger charge is -2.09.